The molecule has 0 bridgehead atoms. The van der Waals surface area contributed by atoms with E-state index in [1.807, 2.05) is 0 Å². The summed E-state index contributed by atoms with van der Waals surface area (Å²) in [5.74, 6) is 0.801. The average molecular weight is 238 g/mol. The molecule has 0 spiro atoms. The summed E-state index contributed by atoms with van der Waals surface area (Å²) in [5, 5.41) is 0. The Morgan fingerprint density at radius 3 is 2.65 bits per heavy atom. The molecule has 0 radical (unpaired) electrons. The van der Waals surface area contributed by atoms with Gasteiger partial charge in [-0.05, 0) is 45.8 Å². The van der Waals surface area contributed by atoms with E-state index in [9.17, 15) is 4.79 Å². The zero-order chi connectivity index (χ0) is 12.3. The van der Waals surface area contributed by atoms with Gasteiger partial charge in [-0.15, -0.1) is 0 Å². The fourth-order valence-corrected chi connectivity index (χ4v) is 3.61. The van der Waals surface area contributed by atoms with Gasteiger partial charge in [0.05, 0.1) is 0 Å². The monoisotopic (exact) mass is 238 g/mol. The fraction of sp³-hybridized carbons (Fsp3) is 0.929. The van der Waals surface area contributed by atoms with E-state index in [2.05, 4.69) is 23.9 Å². The Morgan fingerprint density at radius 1 is 1.41 bits per heavy atom. The van der Waals surface area contributed by atoms with E-state index in [1.165, 1.54) is 38.6 Å². The molecule has 17 heavy (non-hydrogen) atoms. The second-order valence-electron chi connectivity index (χ2n) is 6.30. The second kappa shape index (κ2) is 5.49. The molecule has 0 aromatic heterocycles. The number of nitrogens with zero attached hydrogens (tertiary/aromatic N) is 2. The first-order chi connectivity index (χ1) is 8.13. The lowest BCUT2D eigenvalue weighted by molar-refractivity contribution is -0.116. The molecule has 98 valence electrons. The molecule has 3 nitrogen and oxygen atoms in total. The lowest BCUT2D eigenvalue weighted by Crippen LogP contribution is -2.37. The molecule has 2 fully saturated rings. The Morgan fingerprint density at radius 2 is 2.12 bits per heavy atom. The Labute approximate surface area is 105 Å². The molecule has 3 heteroatoms. The highest BCUT2D eigenvalue weighted by Crippen LogP contribution is 2.36. The summed E-state index contributed by atoms with van der Waals surface area (Å²) in [4.78, 5) is 16.1. The van der Waals surface area contributed by atoms with Crippen LogP contribution in [0.15, 0.2) is 0 Å². The SMILES string of the molecule is CN1CCC(CN(C)CC2(C=O)CCCC2)C1. The van der Waals surface area contributed by atoms with Crippen molar-refractivity contribution in [3.8, 4) is 0 Å². The van der Waals surface area contributed by atoms with Crippen molar-refractivity contribution in [1.82, 2.24) is 9.80 Å². The number of hydrogen-bond donors (Lipinski definition) is 0. The Balaban J connectivity index is 1.80. The zero-order valence-electron chi connectivity index (χ0n) is 11.3. The highest BCUT2D eigenvalue weighted by molar-refractivity contribution is 5.60. The van der Waals surface area contributed by atoms with Crippen molar-refractivity contribution in [2.24, 2.45) is 11.3 Å². The minimum Gasteiger partial charge on any atom is -0.306 e. The highest BCUT2D eigenvalue weighted by Gasteiger charge is 2.35. The molecule has 2 rings (SSSR count). The van der Waals surface area contributed by atoms with Crippen LogP contribution in [0.25, 0.3) is 0 Å². The van der Waals surface area contributed by atoms with Gasteiger partial charge in [-0.1, -0.05) is 12.8 Å². The summed E-state index contributed by atoms with van der Waals surface area (Å²) >= 11 is 0. The maximum absolute atomic E-state index is 11.3. The predicted octanol–water partition coefficient (Wildman–Crippen LogP) is 1.63. The van der Waals surface area contributed by atoms with E-state index in [-0.39, 0.29) is 5.41 Å². The molecule has 0 amide bonds. The van der Waals surface area contributed by atoms with Gasteiger partial charge in [0.25, 0.3) is 0 Å². The van der Waals surface area contributed by atoms with E-state index in [1.54, 1.807) is 0 Å². The first-order valence-electron chi connectivity index (χ1n) is 6.97. The Bertz CT molecular complexity index is 261. The lowest BCUT2D eigenvalue weighted by Gasteiger charge is -2.30. The molecule has 1 saturated carbocycles. The van der Waals surface area contributed by atoms with E-state index in [0.29, 0.717) is 0 Å². The Hall–Kier alpha value is -0.410. The smallest absolute Gasteiger partial charge is 0.127 e. The molecule has 1 heterocycles. The topological polar surface area (TPSA) is 23.6 Å². The largest absolute Gasteiger partial charge is 0.306 e. The standard InChI is InChI=1S/C14H26N2O/c1-15-8-5-13(9-15)10-16(2)11-14(12-17)6-3-4-7-14/h12-13H,3-11H2,1-2H3. The van der Waals surface area contributed by atoms with Gasteiger partial charge < -0.3 is 14.6 Å². The average Bonchev–Trinajstić information content (AvgIpc) is 2.89. The van der Waals surface area contributed by atoms with Gasteiger partial charge in [-0.25, -0.2) is 0 Å². The van der Waals surface area contributed by atoms with Crippen molar-refractivity contribution in [1.29, 1.82) is 0 Å². The lowest BCUT2D eigenvalue weighted by atomic mass is 9.87. The normalized spacial score (nSPS) is 29.0. The second-order valence-corrected chi connectivity index (χ2v) is 6.30. The zero-order valence-corrected chi connectivity index (χ0v) is 11.3. The molecule has 1 atom stereocenters. The van der Waals surface area contributed by atoms with Crippen LogP contribution in [0.3, 0.4) is 0 Å². The predicted molar refractivity (Wildman–Crippen MR) is 70.1 cm³/mol. The third-order valence-corrected chi connectivity index (χ3v) is 4.49. The third kappa shape index (κ3) is 3.29. The minimum absolute atomic E-state index is 0.0146. The summed E-state index contributed by atoms with van der Waals surface area (Å²) in [6.07, 6.45) is 7.22. The van der Waals surface area contributed by atoms with Crippen LogP contribution in [0.4, 0.5) is 0 Å². The van der Waals surface area contributed by atoms with Crippen LogP contribution < -0.4 is 0 Å². The fourth-order valence-electron chi connectivity index (χ4n) is 3.61. The van der Waals surface area contributed by atoms with Gasteiger partial charge in [0.1, 0.15) is 6.29 Å². The van der Waals surface area contributed by atoms with Crippen LogP contribution in [-0.4, -0.2) is 56.4 Å². The van der Waals surface area contributed by atoms with Gasteiger partial charge in [0.15, 0.2) is 0 Å². The van der Waals surface area contributed by atoms with Gasteiger partial charge in [0, 0.05) is 25.0 Å². The van der Waals surface area contributed by atoms with E-state index >= 15 is 0 Å². The molecular weight excluding hydrogens is 212 g/mol. The van der Waals surface area contributed by atoms with Crippen molar-refractivity contribution in [2.45, 2.75) is 32.1 Å². The third-order valence-electron chi connectivity index (χ3n) is 4.49. The maximum Gasteiger partial charge on any atom is 0.127 e. The first-order valence-corrected chi connectivity index (χ1v) is 6.97. The van der Waals surface area contributed by atoms with Crippen LogP contribution in [0.2, 0.25) is 0 Å². The van der Waals surface area contributed by atoms with Gasteiger partial charge in [0.2, 0.25) is 0 Å². The van der Waals surface area contributed by atoms with E-state index < -0.39 is 0 Å². The van der Waals surface area contributed by atoms with Crippen molar-refractivity contribution in [2.75, 3.05) is 40.3 Å². The van der Waals surface area contributed by atoms with Crippen LogP contribution in [0, 0.1) is 11.3 Å². The number of likely N-dealkylation sites (tertiary alicyclic amines) is 1. The van der Waals surface area contributed by atoms with Gasteiger partial charge in [-0.2, -0.15) is 0 Å². The summed E-state index contributed by atoms with van der Waals surface area (Å²) < 4.78 is 0. The van der Waals surface area contributed by atoms with Gasteiger partial charge >= 0.3 is 0 Å². The summed E-state index contributed by atoms with van der Waals surface area (Å²) in [6.45, 7) is 4.58. The summed E-state index contributed by atoms with van der Waals surface area (Å²) in [6, 6.07) is 0. The number of carbonyl (C=O) groups is 1. The van der Waals surface area contributed by atoms with Crippen LogP contribution >= 0.6 is 0 Å². The molecule has 1 unspecified atom stereocenters. The van der Waals surface area contributed by atoms with Crippen molar-refractivity contribution in [3.63, 3.8) is 0 Å². The van der Waals surface area contributed by atoms with Crippen LogP contribution in [-0.2, 0) is 4.79 Å². The number of aldehydes is 1. The summed E-state index contributed by atoms with van der Waals surface area (Å²) in [7, 11) is 4.38. The molecule has 1 aliphatic heterocycles. The first kappa shape index (κ1) is 13.0. The quantitative estimate of drug-likeness (QED) is 0.680. The molecule has 0 aromatic rings. The number of carbonyl (C=O) groups excluding carboxylic acids is 1. The molecular formula is C14H26N2O. The van der Waals surface area contributed by atoms with Crippen molar-refractivity contribution < 1.29 is 4.79 Å². The molecule has 0 aromatic carbocycles. The van der Waals surface area contributed by atoms with Crippen molar-refractivity contribution >= 4 is 6.29 Å². The minimum atomic E-state index is -0.0146. The molecule has 1 aliphatic carbocycles. The molecule has 1 saturated heterocycles. The maximum atomic E-state index is 11.3. The van der Waals surface area contributed by atoms with Crippen LogP contribution in [0.5, 0.6) is 0 Å². The molecule has 0 N–H and O–H groups in total. The van der Waals surface area contributed by atoms with E-state index in [4.69, 9.17) is 0 Å². The number of rotatable bonds is 5. The highest BCUT2D eigenvalue weighted by atomic mass is 16.1. The molecule has 2 aliphatic rings. The summed E-state index contributed by atoms with van der Waals surface area (Å²) in [5.41, 5.74) is -0.0146. The van der Waals surface area contributed by atoms with Crippen molar-refractivity contribution in [3.05, 3.63) is 0 Å². The number of hydrogen-bond acceptors (Lipinski definition) is 3. The van der Waals surface area contributed by atoms with Crippen LogP contribution in [0.1, 0.15) is 32.1 Å². The van der Waals surface area contributed by atoms with Gasteiger partial charge in [-0.3, -0.25) is 0 Å². The Kier molecular flexibility index (Phi) is 4.21. The van der Waals surface area contributed by atoms with E-state index in [0.717, 1.165) is 31.8 Å².